The lowest BCUT2D eigenvalue weighted by atomic mass is 9.85. The van der Waals surface area contributed by atoms with Gasteiger partial charge in [0.15, 0.2) is 0 Å². The summed E-state index contributed by atoms with van der Waals surface area (Å²) >= 11 is 6.47. The average Bonchev–Trinajstić information content (AvgIpc) is 2.78. The molecule has 3 nitrogen and oxygen atoms in total. The van der Waals surface area contributed by atoms with Crippen molar-refractivity contribution < 1.29 is 4.79 Å². The fraction of sp³-hybridized carbons (Fsp3) is 0.278. The van der Waals surface area contributed by atoms with Crippen LogP contribution in [0, 0.1) is 5.92 Å². The normalized spacial score (nSPS) is 15.3. The van der Waals surface area contributed by atoms with Gasteiger partial charge in [0.2, 0.25) is 5.91 Å². The van der Waals surface area contributed by atoms with E-state index in [9.17, 15) is 4.79 Å². The summed E-state index contributed by atoms with van der Waals surface area (Å²) in [6, 6.07) is 11.6. The van der Waals surface area contributed by atoms with Crippen LogP contribution in [0.3, 0.4) is 0 Å². The zero-order chi connectivity index (χ0) is 15.3. The molecule has 1 fully saturated rings. The summed E-state index contributed by atoms with van der Waals surface area (Å²) in [5.74, 6) is 0.306. The fourth-order valence-electron chi connectivity index (χ4n) is 3.49. The van der Waals surface area contributed by atoms with Crippen molar-refractivity contribution in [2.45, 2.75) is 25.8 Å². The Balaban J connectivity index is 2.10. The lowest BCUT2D eigenvalue weighted by Gasteiger charge is -2.26. The van der Waals surface area contributed by atoms with Crippen LogP contribution in [0.5, 0.6) is 0 Å². The molecule has 1 aliphatic carbocycles. The highest BCUT2D eigenvalue weighted by atomic mass is 35.5. The summed E-state index contributed by atoms with van der Waals surface area (Å²) in [5, 5.41) is 2.66. The smallest absolute Gasteiger partial charge is 0.249 e. The van der Waals surface area contributed by atoms with Crippen molar-refractivity contribution in [2.75, 3.05) is 0 Å². The van der Waals surface area contributed by atoms with Crippen LogP contribution in [-0.4, -0.2) is 10.5 Å². The number of nitrogens with two attached hydrogens (primary N) is 1. The predicted molar refractivity (Wildman–Crippen MR) is 90.3 cm³/mol. The Morgan fingerprint density at radius 3 is 2.68 bits per heavy atom. The highest BCUT2D eigenvalue weighted by Gasteiger charge is 2.23. The Bertz CT molecular complexity index is 893. The minimum Gasteiger partial charge on any atom is -0.366 e. The Labute approximate surface area is 133 Å². The number of amides is 1. The van der Waals surface area contributed by atoms with E-state index < -0.39 is 5.91 Å². The van der Waals surface area contributed by atoms with Gasteiger partial charge in [-0.1, -0.05) is 36.2 Å². The maximum absolute atomic E-state index is 11.8. The molecule has 112 valence electrons. The van der Waals surface area contributed by atoms with Gasteiger partial charge in [-0.05, 0) is 37.0 Å². The van der Waals surface area contributed by atoms with Crippen molar-refractivity contribution in [3.05, 3.63) is 47.0 Å². The van der Waals surface area contributed by atoms with Gasteiger partial charge < -0.3 is 10.3 Å². The van der Waals surface area contributed by atoms with E-state index in [2.05, 4.69) is 10.6 Å². The quantitative estimate of drug-likeness (QED) is 0.768. The van der Waals surface area contributed by atoms with Gasteiger partial charge in [-0.25, -0.2) is 0 Å². The maximum atomic E-state index is 11.8. The lowest BCUT2D eigenvalue weighted by molar-refractivity contribution is 0.100. The topological polar surface area (TPSA) is 48.0 Å². The third-order valence-electron chi connectivity index (χ3n) is 4.79. The lowest BCUT2D eigenvalue weighted by Crippen LogP contribution is -2.18. The number of benzene rings is 2. The minimum atomic E-state index is -0.395. The van der Waals surface area contributed by atoms with E-state index in [4.69, 9.17) is 17.3 Å². The van der Waals surface area contributed by atoms with Crippen LogP contribution in [0.2, 0.25) is 5.02 Å². The van der Waals surface area contributed by atoms with Gasteiger partial charge in [-0.2, -0.15) is 0 Å². The monoisotopic (exact) mass is 312 g/mol. The van der Waals surface area contributed by atoms with Gasteiger partial charge in [-0.3, -0.25) is 4.79 Å². The number of carbonyl (C=O) groups is 1. The molecule has 1 amide bonds. The molecule has 2 N–H and O–H groups in total. The molecule has 0 saturated heterocycles. The summed E-state index contributed by atoms with van der Waals surface area (Å²) in [4.78, 5) is 11.8. The highest BCUT2D eigenvalue weighted by molar-refractivity contribution is 6.36. The Hall–Kier alpha value is -2.00. The van der Waals surface area contributed by atoms with E-state index in [0.29, 0.717) is 11.5 Å². The Kier molecular flexibility index (Phi) is 3.12. The number of halogens is 1. The van der Waals surface area contributed by atoms with Crippen LogP contribution < -0.4 is 5.73 Å². The van der Waals surface area contributed by atoms with Gasteiger partial charge in [0.05, 0.1) is 10.5 Å². The first-order valence-electron chi connectivity index (χ1n) is 7.66. The number of para-hydroxylation sites is 1. The number of hydrogen-bond donors (Lipinski definition) is 1. The number of nitrogens with zero attached hydrogens (tertiary/aromatic N) is 1. The second-order valence-electron chi connectivity index (χ2n) is 6.11. The molecule has 4 heteroatoms. The number of carbonyl (C=O) groups excluding carboxylic acids is 1. The van der Waals surface area contributed by atoms with E-state index >= 15 is 0 Å². The SMILES string of the molecule is NC(=O)c1cccc2c1c1cccc(Cl)c1n2CC1CCC1. The third kappa shape index (κ3) is 1.92. The molecule has 0 radical (unpaired) electrons. The third-order valence-corrected chi connectivity index (χ3v) is 5.10. The number of aromatic nitrogens is 1. The van der Waals surface area contributed by atoms with Gasteiger partial charge in [0, 0.05) is 28.4 Å². The van der Waals surface area contributed by atoms with Crippen molar-refractivity contribution >= 4 is 39.3 Å². The summed E-state index contributed by atoms with van der Waals surface area (Å²) in [5.41, 5.74) is 8.20. The first-order chi connectivity index (χ1) is 10.7. The zero-order valence-electron chi connectivity index (χ0n) is 12.2. The second kappa shape index (κ2) is 5.03. The van der Waals surface area contributed by atoms with E-state index in [1.165, 1.54) is 19.3 Å². The molecule has 1 heterocycles. The summed E-state index contributed by atoms with van der Waals surface area (Å²) in [7, 11) is 0. The van der Waals surface area contributed by atoms with E-state index in [-0.39, 0.29) is 0 Å². The molecule has 0 unspecified atom stereocenters. The Morgan fingerprint density at radius 2 is 2.00 bits per heavy atom. The number of primary amides is 1. The van der Waals surface area contributed by atoms with Gasteiger partial charge >= 0.3 is 0 Å². The molecule has 0 atom stereocenters. The van der Waals surface area contributed by atoms with Gasteiger partial charge in [0.1, 0.15) is 0 Å². The molecule has 1 aliphatic rings. The summed E-state index contributed by atoms with van der Waals surface area (Å²) < 4.78 is 2.27. The molecule has 3 aromatic rings. The largest absolute Gasteiger partial charge is 0.366 e. The molecular formula is C18H17ClN2O. The van der Waals surface area contributed by atoms with E-state index in [1.807, 2.05) is 24.3 Å². The van der Waals surface area contributed by atoms with Crippen LogP contribution in [0.15, 0.2) is 36.4 Å². The molecule has 0 spiro atoms. The standard InChI is InChI=1S/C18H17ClN2O/c19-14-8-2-6-12-16-13(18(20)22)7-3-9-15(16)21(17(12)14)10-11-4-1-5-11/h2-3,6-9,11H,1,4-5,10H2,(H2,20,22). The molecule has 4 rings (SSSR count). The molecule has 2 aromatic carbocycles. The number of rotatable bonds is 3. The van der Waals surface area contributed by atoms with Crippen molar-refractivity contribution in [1.82, 2.24) is 4.57 Å². The van der Waals surface area contributed by atoms with Crippen molar-refractivity contribution in [2.24, 2.45) is 11.7 Å². The molecule has 22 heavy (non-hydrogen) atoms. The van der Waals surface area contributed by atoms with Crippen molar-refractivity contribution in [3.63, 3.8) is 0 Å². The van der Waals surface area contributed by atoms with Crippen LogP contribution in [0.1, 0.15) is 29.6 Å². The van der Waals surface area contributed by atoms with Crippen LogP contribution >= 0.6 is 11.6 Å². The predicted octanol–water partition coefficient (Wildman–Crippen LogP) is 4.35. The van der Waals surface area contributed by atoms with E-state index in [0.717, 1.165) is 33.4 Å². The molecular weight excluding hydrogens is 296 g/mol. The number of hydrogen-bond acceptors (Lipinski definition) is 1. The van der Waals surface area contributed by atoms with Gasteiger partial charge in [0.25, 0.3) is 0 Å². The van der Waals surface area contributed by atoms with Crippen molar-refractivity contribution in [3.8, 4) is 0 Å². The van der Waals surface area contributed by atoms with Crippen LogP contribution in [0.4, 0.5) is 0 Å². The molecule has 0 bridgehead atoms. The first-order valence-corrected chi connectivity index (χ1v) is 8.04. The van der Waals surface area contributed by atoms with Gasteiger partial charge in [-0.15, -0.1) is 0 Å². The summed E-state index contributed by atoms with van der Waals surface area (Å²) in [6.07, 6.45) is 3.84. The second-order valence-corrected chi connectivity index (χ2v) is 6.51. The number of fused-ring (bicyclic) bond motifs is 3. The molecule has 1 aromatic heterocycles. The first kappa shape index (κ1) is 13.6. The Morgan fingerprint density at radius 1 is 1.23 bits per heavy atom. The fourth-order valence-corrected chi connectivity index (χ4v) is 3.77. The maximum Gasteiger partial charge on any atom is 0.249 e. The summed E-state index contributed by atoms with van der Waals surface area (Å²) in [6.45, 7) is 0.950. The van der Waals surface area contributed by atoms with Crippen LogP contribution in [0.25, 0.3) is 21.8 Å². The molecule has 1 saturated carbocycles. The average molecular weight is 313 g/mol. The minimum absolute atomic E-state index is 0.395. The highest BCUT2D eigenvalue weighted by Crippen LogP contribution is 2.38. The zero-order valence-corrected chi connectivity index (χ0v) is 12.9. The van der Waals surface area contributed by atoms with E-state index in [1.54, 1.807) is 6.07 Å². The molecule has 0 aliphatic heterocycles. The van der Waals surface area contributed by atoms with Crippen LogP contribution in [-0.2, 0) is 6.54 Å². The van der Waals surface area contributed by atoms with Crippen molar-refractivity contribution in [1.29, 1.82) is 0 Å².